The third-order valence-electron chi connectivity index (χ3n) is 3.66. The standard InChI is InChI=1S/C15H21ClN2O2/c1-2-14(11-5-7-12(16)8-6-11)17-15(20)18-9-3-4-13(19)10-18/h5-8,13-14,19H,2-4,9-10H2,1H3,(H,17,20)/t13-,14+/m0/s1. The largest absolute Gasteiger partial charge is 0.391 e. The minimum atomic E-state index is -0.398. The van der Waals surface area contributed by atoms with Crippen molar-refractivity contribution in [3.05, 3.63) is 34.9 Å². The van der Waals surface area contributed by atoms with Crippen LogP contribution in [0.1, 0.15) is 37.8 Å². The maximum atomic E-state index is 12.2. The van der Waals surface area contributed by atoms with Crippen LogP contribution in [0.15, 0.2) is 24.3 Å². The minimum absolute atomic E-state index is 0.0289. The molecule has 5 heteroatoms. The second-order valence-corrected chi connectivity index (χ2v) is 5.64. The number of benzene rings is 1. The number of β-amino-alcohol motifs (C(OH)–C–C–N with tert-alkyl or cyclic N) is 1. The molecule has 2 N–H and O–H groups in total. The van der Waals surface area contributed by atoms with Crippen LogP contribution in [0.3, 0.4) is 0 Å². The zero-order valence-electron chi connectivity index (χ0n) is 11.7. The van der Waals surface area contributed by atoms with Crippen molar-refractivity contribution in [1.82, 2.24) is 10.2 Å². The Bertz CT molecular complexity index is 450. The summed E-state index contributed by atoms with van der Waals surface area (Å²) in [6.07, 6.45) is 2.04. The topological polar surface area (TPSA) is 52.6 Å². The molecule has 1 fully saturated rings. The quantitative estimate of drug-likeness (QED) is 0.901. The van der Waals surface area contributed by atoms with Crippen LogP contribution in [0.2, 0.25) is 5.02 Å². The van der Waals surface area contributed by atoms with E-state index in [0.717, 1.165) is 24.8 Å². The first-order chi connectivity index (χ1) is 9.60. The summed E-state index contributed by atoms with van der Waals surface area (Å²) < 4.78 is 0. The van der Waals surface area contributed by atoms with Gasteiger partial charge in [0.15, 0.2) is 0 Å². The Balaban J connectivity index is 1.98. The van der Waals surface area contributed by atoms with E-state index < -0.39 is 6.10 Å². The second kappa shape index (κ2) is 6.95. The molecule has 0 unspecified atom stereocenters. The number of rotatable bonds is 3. The Kier molecular flexibility index (Phi) is 5.26. The summed E-state index contributed by atoms with van der Waals surface area (Å²) >= 11 is 5.88. The van der Waals surface area contributed by atoms with E-state index in [1.807, 2.05) is 31.2 Å². The fourth-order valence-electron chi connectivity index (χ4n) is 2.50. The number of nitrogens with zero attached hydrogens (tertiary/aromatic N) is 1. The number of hydrogen-bond donors (Lipinski definition) is 2. The number of piperidine rings is 1. The van der Waals surface area contributed by atoms with Crippen LogP contribution in [0.25, 0.3) is 0 Å². The number of aliphatic hydroxyl groups excluding tert-OH is 1. The molecule has 1 aliphatic rings. The van der Waals surface area contributed by atoms with Crippen LogP contribution < -0.4 is 5.32 Å². The SMILES string of the molecule is CC[C@@H](NC(=O)N1CCC[C@H](O)C1)c1ccc(Cl)cc1. The molecule has 1 aliphatic heterocycles. The van der Waals surface area contributed by atoms with Crippen LogP contribution in [-0.2, 0) is 0 Å². The number of urea groups is 1. The summed E-state index contributed by atoms with van der Waals surface area (Å²) in [5.41, 5.74) is 1.04. The van der Waals surface area contributed by atoms with Gasteiger partial charge in [0.05, 0.1) is 12.1 Å². The number of nitrogens with one attached hydrogen (secondary N) is 1. The Morgan fingerprint density at radius 2 is 2.20 bits per heavy atom. The number of carbonyl (C=O) groups excluding carboxylic acids is 1. The summed E-state index contributed by atoms with van der Waals surface area (Å²) in [6, 6.07) is 7.39. The zero-order chi connectivity index (χ0) is 14.5. The van der Waals surface area contributed by atoms with Crippen LogP contribution in [-0.4, -0.2) is 35.2 Å². The molecular weight excluding hydrogens is 276 g/mol. The minimum Gasteiger partial charge on any atom is -0.391 e. The van der Waals surface area contributed by atoms with E-state index in [0.29, 0.717) is 18.1 Å². The van der Waals surface area contributed by atoms with E-state index >= 15 is 0 Å². The van der Waals surface area contributed by atoms with Gasteiger partial charge in [-0.1, -0.05) is 30.7 Å². The van der Waals surface area contributed by atoms with Crippen molar-refractivity contribution in [2.24, 2.45) is 0 Å². The molecule has 4 nitrogen and oxygen atoms in total. The van der Waals surface area contributed by atoms with Gasteiger partial charge in [0.1, 0.15) is 0 Å². The highest BCUT2D eigenvalue weighted by Crippen LogP contribution is 2.20. The molecule has 1 heterocycles. The van der Waals surface area contributed by atoms with Crippen LogP contribution in [0.4, 0.5) is 4.79 Å². The molecule has 0 radical (unpaired) electrons. The molecule has 1 saturated heterocycles. The van der Waals surface area contributed by atoms with Crippen molar-refractivity contribution in [2.45, 2.75) is 38.3 Å². The van der Waals surface area contributed by atoms with Crippen molar-refractivity contribution in [3.63, 3.8) is 0 Å². The van der Waals surface area contributed by atoms with E-state index in [1.165, 1.54) is 0 Å². The van der Waals surface area contributed by atoms with Crippen LogP contribution in [0, 0.1) is 0 Å². The molecule has 2 atom stereocenters. The lowest BCUT2D eigenvalue weighted by atomic mass is 10.0. The number of amides is 2. The summed E-state index contributed by atoms with van der Waals surface area (Å²) in [5.74, 6) is 0. The highest BCUT2D eigenvalue weighted by molar-refractivity contribution is 6.30. The molecule has 0 bridgehead atoms. The molecule has 0 aliphatic carbocycles. The predicted octanol–water partition coefficient (Wildman–Crippen LogP) is 2.96. The molecule has 0 aromatic heterocycles. The number of hydrogen-bond acceptors (Lipinski definition) is 2. The highest BCUT2D eigenvalue weighted by atomic mass is 35.5. The van der Waals surface area contributed by atoms with Gasteiger partial charge in [0, 0.05) is 18.1 Å². The molecule has 20 heavy (non-hydrogen) atoms. The van der Waals surface area contributed by atoms with Gasteiger partial charge in [-0.15, -0.1) is 0 Å². The number of likely N-dealkylation sites (tertiary alicyclic amines) is 1. The number of aliphatic hydroxyl groups is 1. The normalized spacial score (nSPS) is 20.6. The van der Waals surface area contributed by atoms with Gasteiger partial charge in [-0.2, -0.15) is 0 Å². The Morgan fingerprint density at radius 1 is 1.50 bits per heavy atom. The van der Waals surface area contributed by atoms with Crippen LogP contribution >= 0.6 is 11.6 Å². The molecule has 0 saturated carbocycles. The zero-order valence-corrected chi connectivity index (χ0v) is 12.4. The molecule has 110 valence electrons. The maximum absolute atomic E-state index is 12.2. The molecule has 0 spiro atoms. The van der Waals surface area contributed by atoms with E-state index in [4.69, 9.17) is 11.6 Å². The lowest BCUT2D eigenvalue weighted by Crippen LogP contribution is -2.47. The maximum Gasteiger partial charge on any atom is 0.317 e. The first kappa shape index (κ1) is 15.1. The predicted molar refractivity (Wildman–Crippen MR) is 79.8 cm³/mol. The number of carbonyl (C=O) groups is 1. The first-order valence-corrected chi connectivity index (χ1v) is 7.47. The Hall–Kier alpha value is -1.26. The smallest absolute Gasteiger partial charge is 0.317 e. The lowest BCUT2D eigenvalue weighted by molar-refractivity contribution is 0.0832. The molecule has 1 aromatic rings. The fraction of sp³-hybridized carbons (Fsp3) is 0.533. The second-order valence-electron chi connectivity index (χ2n) is 5.20. The van der Waals surface area contributed by atoms with E-state index in [9.17, 15) is 9.90 Å². The summed E-state index contributed by atoms with van der Waals surface area (Å²) in [4.78, 5) is 13.9. The van der Waals surface area contributed by atoms with Crippen molar-refractivity contribution in [2.75, 3.05) is 13.1 Å². The third kappa shape index (κ3) is 3.87. The van der Waals surface area contributed by atoms with Gasteiger partial charge in [-0.05, 0) is 37.0 Å². The Morgan fingerprint density at radius 3 is 2.80 bits per heavy atom. The number of halogens is 1. The average molecular weight is 297 g/mol. The monoisotopic (exact) mass is 296 g/mol. The van der Waals surface area contributed by atoms with E-state index in [1.54, 1.807) is 4.90 Å². The van der Waals surface area contributed by atoms with Crippen molar-refractivity contribution < 1.29 is 9.90 Å². The Labute approximate surface area is 124 Å². The van der Waals surface area contributed by atoms with Crippen LogP contribution in [0.5, 0.6) is 0 Å². The van der Waals surface area contributed by atoms with Crippen molar-refractivity contribution in [3.8, 4) is 0 Å². The summed E-state index contributed by atoms with van der Waals surface area (Å²) in [5, 5.41) is 13.3. The molecule has 2 amide bonds. The van der Waals surface area contributed by atoms with Crippen molar-refractivity contribution >= 4 is 17.6 Å². The van der Waals surface area contributed by atoms with E-state index in [-0.39, 0.29) is 12.1 Å². The van der Waals surface area contributed by atoms with Gasteiger partial charge in [0.25, 0.3) is 0 Å². The molecule has 2 rings (SSSR count). The van der Waals surface area contributed by atoms with Gasteiger partial charge < -0.3 is 15.3 Å². The summed E-state index contributed by atoms with van der Waals surface area (Å²) in [6.45, 7) is 3.16. The highest BCUT2D eigenvalue weighted by Gasteiger charge is 2.23. The van der Waals surface area contributed by atoms with Gasteiger partial charge in [-0.25, -0.2) is 4.79 Å². The lowest BCUT2D eigenvalue weighted by Gasteiger charge is -2.31. The van der Waals surface area contributed by atoms with E-state index in [2.05, 4.69) is 5.32 Å². The summed E-state index contributed by atoms with van der Waals surface area (Å²) in [7, 11) is 0. The molecule has 1 aromatic carbocycles. The van der Waals surface area contributed by atoms with Gasteiger partial charge in [0.2, 0.25) is 0 Å². The van der Waals surface area contributed by atoms with Gasteiger partial charge in [-0.3, -0.25) is 0 Å². The third-order valence-corrected chi connectivity index (χ3v) is 3.91. The average Bonchev–Trinajstić information content (AvgIpc) is 2.45. The molecular formula is C15H21ClN2O2. The fourth-order valence-corrected chi connectivity index (χ4v) is 2.62. The first-order valence-electron chi connectivity index (χ1n) is 7.09. The van der Waals surface area contributed by atoms with Gasteiger partial charge >= 0.3 is 6.03 Å². The van der Waals surface area contributed by atoms with Crippen molar-refractivity contribution in [1.29, 1.82) is 0 Å².